The van der Waals surface area contributed by atoms with Crippen LogP contribution in [0, 0.1) is 13.8 Å². The maximum absolute atomic E-state index is 4.31. The lowest BCUT2D eigenvalue weighted by Gasteiger charge is -2.15. The number of benzene rings is 2. The second kappa shape index (κ2) is 5.65. The molecule has 2 aromatic rings. The molecule has 0 aliphatic heterocycles. The number of azo groups is 1. The molecule has 0 aliphatic carbocycles. The van der Waals surface area contributed by atoms with Gasteiger partial charge in [-0.1, -0.05) is 18.2 Å². The summed E-state index contributed by atoms with van der Waals surface area (Å²) in [5.74, 6) is 0. The lowest BCUT2D eigenvalue weighted by molar-refractivity contribution is 1.11. The van der Waals surface area contributed by atoms with Crippen LogP contribution in [0.3, 0.4) is 0 Å². The quantitative estimate of drug-likeness (QED) is 0.723. The molecular weight excluding hydrogens is 234 g/mol. The Bertz CT molecular complexity index is 601. The first-order valence-corrected chi connectivity index (χ1v) is 6.33. The first kappa shape index (κ1) is 13.3. The van der Waals surface area contributed by atoms with Crippen molar-refractivity contribution in [2.24, 2.45) is 10.2 Å². The highest BCUT2D eigenvalue weighted by Gasteiger charge is 2.01. The highest BCUT2D eigenvalue weighted by atomic mass is 15.1. The van der Waals surface area contributed by atoms with Crippen molar-refractivity contribution >= 4 is 17.1 Å². The minimum absolute atomic E-state index is 0.881. The van der Waals surface area contributed by atoms with Crippen LogP contribution in [-0.2, 0) is 0 Å². The van der Waals surface area contributed by atoms with Gasteiger partial charge >= 0.3 is 0 Å². The molecule has 0 saturated carbocycles. The Morgan fingerprint density at radius 1 is 0.842 bits per heavy atom. The number of aryl methyl sites for hydroxylation is 2. The van der Waals surface area contributed by atoms with E-state index in [9.17, 15) is 0 Å². The summed E-state index contributed by atoms with van der Waals surface area (Å²) in [7, 11) is 4.08. The van der Waals surface area contributed by atoms with Crippen LogP contribution in [0.5, 0.6) is 0 Å². The second-order valence-corrected chi connectivity index (χ2v) is 4.85. The average Bonchev–Trinajstić information content (AvgIpc) is 2.37. The van der Waals surface area contributed by atoms with Gasteiger partial charge in [0, 0.05) is 19.8 Å². The SMILES string of the molecule is Cc1ccccc1N=Nc1ccc(N(C)C)c(C)c1. The molecule has 0 unspecified atom stereocenters. The number of hydrogen-bond acceptors (Lipinski definition) is 3. The van der Waals surface area contributed by atoms with Crippen LogP contribution in [0.15, 0.2) is 52.7 Å². The molecule has 2 aromatic carbocycles. The molecule has 2 rings (SSSR count). The van der Waals surface area contributed by atoms with E-state index in [2.05, 4.69) is 34.2 Å². The van der Waals surface area contributed by atoms with Gasteiger partial charge in [0.25, 0.3) is 0 Å². The summed E-state index contributed by atoms with van der Waals surface area (Å²) in [4.78, 5) is 2.09. The maximum Gasteiger partial charge on any atom is 0.0886 e. The monoisotopic (exact) mass is 253 g/mol. The fourth-order valence-corrected chi connectivity index (χ4v) is 1.99. The Morgan fingerprint density at radius 3 is 2.21 bits per heavy atom. The van der Waals surface area contributed by atoms with Crippen LogP contribution in [0.25, 0.3) is 0 Å². The predicted octanol–water partition coefficient (Wildman–Crippen LogP) is 4.78. The molecule has 0 bridgehead atoms. The smallest absolute Gasteiger partial charge is 0.0886 e. The molecule has 3 heteroatoms. The van der Waals surface area contributed by atoms with Crippen molar-refractivity contribution in [2.45, 2.75) is 13.8 Å². The van der Waals surface area contributed by atoms with Gasteiger partial charge in [0.05, 0.1) is 11.4 Å². The van der Waals surface area contributed by atoms with Crippen molar-refractivity contribution in [2.75, 3.05) is 19.0 Å². The van der Waals surface area contributed by atoms with Crippen molar-refractivity contribution in [3.63, 3.8) is 0 Å². The van der Waals surface area contributed by atoms with E-state index in [1.54, 1.807) is 0 Å². The standard InChI is InChI=1S/C16H19N3/c1-12-7-5-6-8-15(12)18-17-14-9-10-16(19(3)4)13(2)11-14/h5-11H,1-4H3. The minimum Gasteiger partial charge on any atom is -0.377 e. The number of nitrogens with zero attached hydrogens (tertiary/aromatic N) is 3. The Labute approximate surface area is 114 Å². The van der Waals surface area contributed by atoms with E-state index in [4.69, 9.17) is 0 Å². The van der Waals surface area contributed by atoms with E-state index in [0.29, 0.717) is 0 Å². The summed E-state index contributed by atoms with van der Waals surface area (Å²) in [5, 5.41) is 8.61. The van der Waals surface area contributed by atoms with Gasteiger partial charge in [-0.2, -0.15) is 10.2 Å². The molecule has 98 valence electrons. The third-order valence-corrected chi connectivity index (χ3v) is 3.05. The topological polar surface area (TPSA) is 28.0 Å². The molecule has 19 heavy (non-hydrogen) atoms. The molecule has 0 aliphatic rings. The molecule has 0 fully saturated rings. The number of rotatable bonds is 3. The highest BCUT2D eigenvalue weighted by Crippen LogP contribution is 2.26. The largest absolute Gasteiger partial charge is 0.377 e. The Kier molecular flexibility index (Phi) is 3.95. The van der Waals surface area contributed by atoms with Crippen LogP contribution >= 0.6 is 0 Å². The predicted molar refractivity (Wildman–Crippen MR) is 80.9 cm³/mol. The van der Waals surface area contributed by atoms with E-state index in [1.165, 1.54) is 11.3 Å². The van der Waals surface area contributed by atoms with Crippen molar-refractivity contribution in [3.05, 3.63) is 53.6 Å². The van der Waals surface area contributed by atoms with Crippen LogP contribution < -0.4 is 4.90 Å². The molecule has 0 radical (unpaired) electrons. The first-order chi connectivity index (χ1) is 9.08. The van der Waals surface area contributed by atoms with E-state index >= 15 is 0 Å². The number of hydrogen-bond donors (Lipinski definition) is 0. The summed E-state index contributed by atoms with van der Waals surface area (Å²) in [6.45, 7) is 4.12. The molecule has 0 amide bonds. The molecule has 0 heterocycles. The summed E-state index contributed by atoms with van der Waals surface area (Å²) in [6.07, 6.45) is 0. The highest BCUT2D eigenvalue weighted by molar-refractivity contribution is 5.58. The zero-order chi connectivity index (χ0) is 13.8. The Morgan fingerprint density at radius 2 is 1.58 bits per heavy atom. The maximum atomic E-state index is 4.31. The third kappa shape index (κ3) is 3.19. The molecule has 0 saturated heterocycles. The van der Waals surface area contributed by atoms with Crippen LogP contribution in [-0.4, -0.2) is 14.1 Å². The molecule has 3 nitrogen and oxygen atoms in total. The van der Waals surface area contributed by atoms with E-state index in [1.807, 2.05) is 51.4 Å². The minimum atomic E-state index is 0.881. The molecule has 0 aromatic heterocycles. The van der Waals surface area contributed by atoms with Crippen molar-refractivity contribution < 1.29 is 0 Å². The molecular formula is C16H19N3. The first-order valence-electron chi connectivity index (χ1n) is 6.33. The Hall–Kier alpha value is -2.16. The molecule has 0 N–H and O–H groups in total. The zero-order valence-corrected chi connectivity index (χ0v) is 11.9. The van der Waals surface area contributed by atoms with E-state index in [0.717, 1.165) is 16.9 Å². The van der Waals surface area contributed by atoms with Crippen molar-refractivity contribution in [1.29, 1.82) is 0 Å². The van der Waals surface area contributed by atoms with Gasteiger partial charge in [0.1, 0.15) is 0 Å². The summed E-state index contributed by atoms with van der Waals surface area (Å²) < 4.78 is 0. The lowest BCUT2D eigenvalue weighted by Crippen LogP contribution is -2.09. The number of anilines is 1. The van der Waals surface area contributed by atoms with Gasteiger partial charge < -0.3 is 4.90 Å². The fourth-order valence-electron chi connectivity index (χ4n) is 1.99. The molecule has 0 spiro atoms. The van der Waals surface area contributed by atoms with Crippen molar-refractivity contribution in [3.8, 4) is 0 Å². The average molecular weight is 253 g/mol. The normalized spacial score (nSPS) is 10.9. The lowest BCUT2D eigenvalue weighted by atomic mass is 10.1. The summed E-state index contributed by atoms with van der Waals surface area (Å²) in [5.41, 5.74) is 5.33. The van der Waals surface area contributed by atoms with Gasteiger partial charge in [-0.3, -0.25) is 0 Å². The van der Waals surface area contributed by atoms with Crippen LogP contribution in [0.2, 0.25) is 0 Å². The van der Waals surface area contributed by atoms with Crippen LogP contribution in [0.1, 0.15) is 11.1 Å². The van der Waals surface area contributed by atoms with Crippen molar-refractivity contribution in [1.82, 2.24) is 0 Å². The third-order valence-electron chi connectivity index (χ3n) is 3.05. The van der Waals surface area contributed by atoms with E-state index < -0.39 is 0 Å². The van der Waals surface area contributed by atoms with Gasteiger partial charge in [-0.15, -0.1) is 0 Å². The summed E-state index contributed by atoms with van der Waals surface area (Å²) >= 11 is 0. The zero-order valence-electron chi connectivity index (χ0n) is 11.9. The van der Waals surface area contributed by atoms with Gasteiger partial charge in [0.15, 0.2) is 0 Å². The van der Waals surface area contributed by atoms with E-state index in [-0.39, 0.29) is 0 Å². The molecule has 0 atom stereocenters. The fraction of sp³-hybridized carbons (Fsp3) is 0.250. The Balaban J connectivity index is 2.25. The van der Waals surface area contributed by atoms with Gasteiger partial charge in [-0.25, -0.2) is 0 Å². The van der Waals surface area contributed by atoms with Crippen LogP contribution in [0.4, 0.5) is 17.1 Å². The van der Waals surface area contributed by atoms with Gasteiger partial charge in [-0.05, 0) is 49.2 Å². The summed E-state index contributed by atoms with van der Waals surface area (Å²) in [6, 6.07) is 14.1. The second-order valence-electron chi connectivity index (χ2n) is 4.85. The van der Waals surface area contributed by atoms with Gasteiger partial charge in [0.2, 0.25) is 0 Å².